The second-order valence-electron chi connectivity index (χ2n) is 4.96. The number of nitrogens with zero attached hydrogens (tertiary/aromatic N) is 2. The molecule has 2 aromatic carbocycles. The molecule has 0 unspecified atom stereocenters. The first-order chi connectivity index (χ1) is 11.2. The molecule has 1 heterocycles. The Morgan fingerprint density at radius 1 is 1.22 bits per heavy atom. The molecule has 0 atom stereocenters. The number of rotatable bonds is 4. The number of fused-ring (bicyclic) bond motifs is 1. The van der Waals surface area contributed by atoms with Crippen molar-refractivity contribution in [3.63, 3.8) is 0 Å². The van der Waals surface area contributed by atoms with Gasteiger partial charge in [0.2, 0.25) is 0 Å². The third kappa shape index (κ3) is 2.92. The highest BCUT2D eigenvalue weighted by molar-refractivity contribution is 6.72. The third-order valence-corrected chi connectivity index (χ3v) is 3.50. The van der Waals surface area contributed by atoms with Gasteiger partial charge in [0.25, 0.3) is 0 Å². The molecule has 0 saturated heterocycles. The van der Waals surface area contributed by atoms with Gasteiger partial charge >= 0.3 is 6.92 Å². The molecular formula is C18H12BFN2O. The third-order valence-electron chi connectivity index (χ3n) is 3.50. The lowest BCUT2D eigenvalue weighted by atomic mass is 9.61. The summed E-state index contributed by atoms with van der Waals surface area (Å²) in [4.78, 5) is 4.34. The van der Waals surface area contributed by atoms with Crippen molar-refractivity contribution in [1.82, 2.24) is 4.98 Å². The minimum absolute atomic E-state index is 0.0194. The molecule has 0 aliphatic rings. The number of para-hydroxylation sites is 1. The van der Waals surface area contributed by atoms with Gasteiger partial charge in [-0.25, -0.2) is 4.39 Å². The SMILES string of the molecule is C=CB(Oc1cccc2cccnc12)c1ccc(F)c(C#N)c1. The zero-order chi connectivity index (χ0) is 16.2. The molecule has 0 spiro atoms. The quantitative estimate of drug-likeness (QED) is 0.695. The largest absolute Gasteiger partial charge is 0.550 e. The Morgan fingerprint density at radius 3 is 2.83 bits per heavy atom. The van der Waals surface area contributed by atoms with Crippen molar-refractivity contribution in [2.24, 2.45) is 0 Å². The zero-order valence-electron chi connectivity index (χ0n) is 12.2. The van der Waals surface area contributed by atoms with Crippen LogP contribution < -0.4 is 10.1 Å². The summed E-state index contributed by atoms with van der Waals surface area (Å²) in [5, 5.41) is 9.92. The highest BCUT2D eigenvalue weighted by Crippen LogP contribution is 2.23. The van der Waals surface area contributed by atoms with Crippen molar-refractivity contribution in [2.45, 2.75) is 0 Å². The number of hydrogen-bond donors (Lipinski definition) is 0. The number of benzene rings is 2. The molecule has 5 heteroatoms. The zero-order valence-corrected chi connectivity index (χ0v) is 12.2. The van der Waals surface area contributed by atoms with Crippen LogP contribution >= 0.6 is 0 Å². The van der Waals surface area contributed by atoms with Crippen LogP contribution in [-0.4, -0.2) is 11.9 Å². The van der Waals surface area contributed by atoms with E-state index in [0.717, 1.165) is 10.9 Å². The molecule has 3 rings (SSSR count). The standard InChI is InChI=1S/C18H12BFN2O/c1-2-19(15-8-9-16(20)14(11-15)12-21)23-17-7-3-5-13-6-4-10-22-18(13)17/h2-11H,1H2. The summed E-state index contributed by atoms with van der Waals surface area (Å²) in [6, 6.07) is 15.6. The van der Waals surface area contributed by atoms with Crippen molar-refractivity contribution >= 4 is 23.3 Å². The lowest BCUT2D eigenvalue weighted by molar-refractivity contribution is 0.596. The molecule has 1 aromatic heterocycles. The molecular weight excluding hydrogens is 290 g/mol. The van der Waals surface area contributed by atoms with Gasteiger partial charge < -0.3 is 4.65 Å². The molecule has 23 heavy (non-hydrogen) atoms. The van der Waals surface area contributed by atoms with E-state index in [9.17, 15) is 4.39 Å². The van der Waals surface area contributed by atoms with Crippen LogP contribution in [0.15, 0.2) is 67.3 Å². The number of hydrogen-bond acceptors (Lipinski definition) is 3. The summed E-state index contributed by atoms with van der Waals surface area (Å²) in [6.07, 6.45) is 1.70. The van der Waals surface area contributed by atoms with Gasteiger partial charge in [0, 0.05) is 11.6 Å². The Morgan fingerprint density at radius 2 is 2.04 bits per heavy atom. The summed E-state index contributed by atoms with van der Waals surface area (Å²) in [5.41, 5.74) is 1.38. The van der Waals surface area contributed by atoms with E-state index in [1.807, 2.05) is 36.4 Å². The molecule has 3 nitrogen and oxygen atoms in total. The highest BCUT2D eigenvalue weighted by atomic mass is 19.1. The number of aromatic nitrogens is 1. The second-order valence-corrected chi connectivity index (χ2v) is 4.96. The molecule has 0 aliphatic carbocycles. The predicted octanol–water partition coefficient (Wildman–Crippen LogP) is 3.25. The molecule has 3 aromatic rings. The van der Waals surface area contributed by atoms with Gasteiger partial charge in [-0.1, -0.05) is 30.2 Å². The van der Waals surface area contributed by atoms with E-state index in [1.54, 1.807) is 18.2 Å². The monoisotopic (exact) mass is 302 g/mol. The fraction of sp³-hybridized carbons (Fsp3) is 0. The van der Waals surface area contributed by atoms with Gasteiger partial charge in [-0.05, 0) is 29.7 Å². The first kappa shape index (κ1) is 14.8. The van der Waals surface area contributed by atoms with Crippen LogP contribution in [0.1, 0.15) is 5.56 Å². The second kappa shape index (κ2) is 6.33. The van der Waals surface area contributed by atoms with E-state index in [1.165, 1.54) is 12.1 Å². The summed E-state index contributed by atoms with van der Waals surface area (Å²) >= 11 is 0. The van der Waals surface area contributed by atoms with Crippen LogP contribution in [0.4, 0.5) is 4.39 Å². The Balaban J connectivity index is 1.99. The average molecular weight is 302 g/mol. The molecule has 0 N–H and O–H groups in total. The number of pyridine rings is 1. The Kier molecular flexibility index (Phi) is 4.07. The molecule has 0 radical (unpaired) electrons. The van der Waals surface area contributed by atoms with E-state index >= 15 is 0 Å². The maximum absolute atomic E-state index is 13.5. The molecule has 0 amide bonds. The highest BCUT2D eigenvalue weighted by Gasteiger charge is 2.19. The maximum Gasteiger partial charge on any atom is 0.418 e. The van der Waals surface area contributed by atoms with Crippen LogP contribution in [0, 0.1) is 17.1 Å². The van der Waals surface area contributed by atoms with E-state index in [2.05, 4.69) is 11.6 Å². The fourth-order valence-corrected chi connectivity index (χ4v) is 2.37. The number of halogens is 1. The van der Waals surface area contributed by atoms with Crippen LogP contribution in [-0.2, 0) is 0 Å². The van der Waals surface area contributed by atoms with Crippen LogP contribution in [0.25, 0.3) is 10.9 Å². The summed E-state index contributed by atoms with van der Waals surface area (Å²) in [7, 11) is 0. The van der Waals surface area contributed by atoms with E-state index in [0.29, 0.717) is 11.2 Å². The summed E-state index contributed by atoms with van der Waals surface area (Å²) in [6.45, 7) is 3.27. The van der Waals surface area contributed by atoms with Crippen molar-refractivity contribution in [1.29, 1.82) is 5.26 Å². The molecule has 0 fully saturated rings. The van der Waals surface area contributed by atoms with E-state index in [-0.39, 0.29) is 5.56 Å². The van der Waals surface area contributed by atoms with Crippen LogP contribution in [0.5, 0.6) is 5.75 Å². The van der Waals surface area contributed by atoms with Gasteiger partial charge in [0.15, 0.2) is 0 Å². The normalized spacial score (nSPS) is 10.1. The summed E-state index contributed by atoms with van der Waals surface area (Å²) in [5.74, 6) is 1.66. The van der Waals surface area contributed by atoms with Gasteiger partial charge in [-0.2, -0.15) is 5.26 Å². The smallest absolute Gasteiger partial charge is 0.418 e. The van der Waals surface area contributed by atoms with Gasteiger partial charge in [0.1, 0.15) is 23.2 Å². The minimum Gasteiger partial charge on any atom is -0.550 e. The lowest BCUT2D eigenvalue weighted by Crippen LogP contribution is -2.35. The average Bonchev–Trinajstić information content (AvgIpc) is 2.60. The summed E-state index contributed by atoms with van der Waals surface area (Å²) < 4.78 is 19.5. The number of nitriles is 1. The van der Waals surface area contributed by atoms with E-state index < -0.39 is 12.7 Å². The van der Waals surface area contributed by atoms with Gasteiger partial charge in [-0.15, -0.1) is 6.58 Å². The minimum atomic E-state index is -0.550. The van der Waals surface area contributed by atoms with E-state index in [4.69, 9.17) is 9.92 Å². The fourth-order valence-electron chi connectivity index (χ4n) is 2.37. The van der Waals surface area contributed by atoms with Gasteiger partial charge in [-0.3, -0.25) is 4.98 Å². The van der Waals surface area contributed by atoms with Gasteiger partial charge in [0.05, 0.1) is 5.56 Å². The maximum atomic E-state index is 13.5. The topological polar surface area (TPSA) is 45.9 Å². The molecule has 0 aliphatic heterocycles. The Bertz CT molecular complexity index is 915. The lowest BCUT2D eigenvalue weighted by Gasteiger charge is -2.14. The van der Waals surface area contributed by atoms with Crippen molar-refractivity contribution in [3.05, 3.63) is 78.7 Å². The molecule has 0 saturated carbocycles. The predicted molar refractivity (Wildman–Crippen MR) is 89.1 cm³/mol. The first-order valence-corrected chi connectivity index (χ1v) is 7.05. The van der Waals surface area contributed by atoms with Crippen molar-refractivity contribution < 1.29 is 9.04 Å². The first-order valence-electron chi connectivity index (χ1n) is 7.05. The molecule has 110 valence electrons. The molecule has 0 bridgehead atoms. The Labute approximate surface area is 133 Å². The van der Waals surface area contributed by atoms with Crippen LogP contribution in [0.2, 0.25) is 0 Å². The van der Waals surface area contributed by atoms with Crippen molar-refractivity contribution in [3.8, 4) is 11.8 Å². The van der Waals surface area contributed by atoms with Crippen LogP contribution in [0.3, 0.4) is 0 Å². The van der Waals surface area contributed by atoms with Crippen molar-refractivity contribution in [2.75, 3.05) is 0 Å². The Hall–Kier alpha value is -3.13.